The number of rotatable bonds is 6. The first kappa shape index (κ1) is 20.1. The second kappa shape index (κ2) is 9.10. The molecule has 1 saturated heterocycles. The van der Waals surface area contributed by atoms with E-state index in [1.807, 2.05) is 64.3 Å². The number of nitrogens with one attached hydrogen (secondary N) is 1. The number of benzene rings is 3. The third-order valence-corrected chi connectivity index (χ3v) is 5.95. The van der Waals surface area contributed by atoms with Crippen molar-refractivity contribution in [1.82, 2.24) is 14.7 Å². The number of anilines is 1. The van der Waals surface area contributed by atoms with E-state index >= 15 is 0 Å². The Morgan fingerprint density at radius 1 is 0.938 bits per heavy atom. The Bertz CT molecular complexity index is 1170. The molecule has 5 nitrogen and oxygen atoms in total. The summed E-state index contributed by atoms with van der Waals surface area (Å²) in [6.45, 7) is 2.21. The highest BCUT2D eigenvalue weighted by Crippen LogP contribution is 2.27. The molecule has 2 heterocycles. The molecule has 1 amide bonds. The summed E-state index contributed by atoms with van der Waals surface area (Å²) >= 11 is 0. The molecule has 3 aromatic carbocycles. The highest BCUT2D eigenvalue weighted by molar-refractivity contribution is 6.01. The largest absolute Gasteiger partial charge is 0.380 e. The van der Waals surface area contributed by atoms with Crippen LogP contribution in [0.15, 0.2) is 97.3 Å². The number of nitrogens with zero attached hydrogens (tertiary/aromatic N) is 3. The first-order valence-electron chi connectivity index (χ1n) is 11.0. The van der Waals surface area contributed by atoms with E-state index < -0.39 is 0 Å². The smallest absolute Gasteiger partial charge is 0.254 e. The van der Waals surface area contributed by atoms with Crippen LogP contribution in [-0.4, -0.2) is 39.7 Å². The van der Waals surface area contributed by atoms with Gasteiger partial charge >= 0.3 is 0 Å². The van der Waals surface area contributed by atoms with Crippen molar-refractivity contribution in [1.29, 1.82) is 0 Å². The minimum Gasteiger partial charge on any atom is -0.380 e. The van der Waals surface area contributed by atoms with Gasteiger partial charge in [-0.1, -0.05) is 60.7 Å². The van der Waals surface area contributed by atoms with Crippen molar-refractivity contribution < 1.29 is 4.79 Å². The van der Waals surface area contributed by atoms with Gasteiger partial charge in [-0.05, 0) is 47.4 Å². The van der Waals surface area contributed by atoms with Gasteiger partial charge in [0.2, 0.25) is 0 Å². The van der Waals surface area contributed by atoms with Gasteiger partial charge in [-0.3, -0.25) is 9.48 Å². The Labute approximate surface area is 188 Å². The molecule has 1 fully saturated rings. The minimum atomic E-state index is 0.0959. The number of hydrogen-bond acceptors (Lipinski definition) is 3. The maximum atomic E-state index is 13.4. The van der Waals surface area contributed by atoms with Crippen LogP contribution in [-0.2, 0) is 6.54 Å². The van der Waals surface area contributed by atoms with Crippen molar-refractivity contribution in [3.05, 3.63) is 108 Å². The monoisotopic (exact) mass is 422 g/mol. The lowest BCUT2D eigenvalue weighted by Crippen LogP contribution is -2.31. The van der Waals surface area contributed by atoms with Gasteiger partial charge in [-0.2, -0.15) is 5.10 Å². The lowest BCUT2D eigenvalue weighted by atomic mass is 9.98. The van der Waals surface area contributed by atoms with Crippen LogP contribution < -0.4 is 5.32 Å². The van der Waals surface area contributed by atoms with Gasteiger partial charge in [0.1, 0.15) is 0 Å². The zero-order valence-corrected chi connectivity index (χ0v) is 17.9. The van der Waals surface area contributed by atoms with E-state index in [9.17, 15) is 4.79 Å². The van der Waals surface area contributed by atoms with Crippen molar-refractivity contribution in [2.75, 3.05) is 18.4 Å². The summed E-state index contributed by atoms with van der Waals surface area (Å²) in [6, 6.07) is 28.7. The fourth-order valence-corrected chi connectivity index (χ4v) is 4.30. The molecule has 1 atom stereocenters. The topological polar surface area (TPSA) is 50.2 Å². The van der Waals surface area contributed by atoms with Crippen LogP contribution in [0.4, 0.5) is 5.69 Å². The van der Waals surface area contributed by atoms with Crippen molar-refractivity contribution in [2.45, 2.75) is 19.0 Å². The summed E-state index contributed by atoms with van der Waals surface area (Å²) in [7, 11) is 0. The molecule has 4 aromatic rings. The van der Waals surface area contributed by atoms with Crippen LogP contribution >= 0.6 is 0 Å². The van der Waals surface area contributed by atoms with Crippen LogP contribution in [0.25, 0.3) is 11.1 Å². The summed E-state index contributed by atoms with van der Waals surface area (Å²) < 4.78 is 1.90. The Hall–Kier alpha value is -3.86. The van der Waals surface area contributed by atoms with Crippen LogP contribution in [0.5, 0.6) is 0 Å². The zero-order valence-electron chi connectivity index (χ0n) is 17.9. The third-order valence-electron chi connectivity index (χ3n) is 5.95. The molecule has 0 saturated carbocycles. The molecule has 0 spiro atoms. The maximum absolute atomic E-state index is 13.4. The molecule has 1 unspecified atom stereocenters. The van der Waals surface area contributed by atoms with Crippen LogP contribution in [0, 0.1) is 0 Å². The molecule has 1 N–H and O–H groups in total. The molecular formula is C27H26N4O. The predicted octanol–water partition coefficient (Wildman–Crippen LogP) is 4.93. The molecule has 0 aliphatic carbocycles. The predicted molar refractivity (Wildman–Crippen MR) is 128 cm³/mol. The molecule has 32 heavy (non-hydrogen) atoms. The van der Waals surface area contributed by atoms with Gasteiger partial charge in [0.05, 0.1) is 6.54 Å². The molecule has 0 radical (unpaired) electrons. The summed E-state index contributed by atoms with van der Waals surface area (Å²) in [6.07, 6.45) is 4.69. The minimum absolute atomic E-state index is 0.0959. The number of aromatic nitrogens is 2. The van der Waals surface area contributed by atoms with E-state index in [1.165, 1.54) is 5.56 Å². The van der Waals surface area contributed by atoms with Crippen molar-refractivity contribution >= 4 is 11.6 Å². The highest BCUT2D eigenvalue weighted by atomic mass is 16.2. The van der Waals surface area contributed by atoms with Crippen LogP contribution in [0.1, 0.15) is 22.3 Å². The molecular weight excluding hydrogens is 396 g/mol. The zero-order chi connectivity index (χ0) is 21.8. The van der Waals surface area contributed by atoms with Gasteiger partial charge < -0.3 is 10.2 Å². The first-order valence-corrected chi connectivity index (χ1v) is 11.0. The molecule has 1 aliphatic rings. The fourth-order valence-electron chi connectivity index (χ4n) is 4.30. The van der Waals surface area contributed by atoms with Crippen LogP contribution in [0.2, 0.25) is 0 Å². The Morgan fingerprint density at radius 2 is 1.72 bits per heavy atom. The molecule has 0 bridgehead atoms. The summed E-state index contributed by atoms with van der Waals surface area (Å²) in [4.78, 5) is 15.4. The van der Waals surface area contributed by atoms with Crippen molar-refractivity contribution in [3.8, 4) is 11.1 Å². The van der Waals surface area contributed by atoms with Gasteiger partial charge in [0, 0.05) is 42.8 Å². The summed E-state index contributed by atoms with van der Waals surface area (Å²) in [5, 5.41) is 7.81. The molecule has 1 aliphatic heterocycles. The summed E-state index contributed by atoms with van der Waals surface area (Å²) in [5.41, 5.74) is 5.06. The molecule has 5 heteroatoms. The van der Waals surface area contributed by atoms with E-state index in [0.29, 0.717) is 6.54 Å². The summed E-state index contributed by atoms with van der Waals surface area (Å²) in [5.74, 6) is 0.0959. The van der Waals surface area contributed by atoms with Gasteiger partial charge in [-0.15, -0.1) is 0 Å². The maximum Gasteiger partial charge on any atom is 0.254 e. The number of carbonyl (C=O) groups is 1. The lowest BCUT2D eigenvalue weighted by molar-refractivity contribution is 0.0792. The molecule has 160 valence electrons. The van der Waals surface area contributed by atoms with E-state index in [2.05, 4.69) is 46.8 Å². The van der Waals surface area contributed by atoms with Crippen molar-refractivity contribution in [3.63, 3.8) is 0 Å². The first-order chi connectivity index (χ1) is 15.8. The van der Waals surface area contributed by atoms with Gasteiger partial charge in [-0.25, -0.2) is 0 Å². The standard InChI is InChI=1S/C27H26N4O/c32-27(30-18-15-24(20-30)29-23-7-2-1-3-8-23)26-10-5-4-9-25(26)22-13-11-21(12-14-22)19-31-17-6-16-28-31/h1-14,16-17,24,29H,15,18-20H2. The SMILES string of the molecule is O=C(c1ccccc1-c1ccc(Cn2cccn2)cc1)N1CCC(Nc2ccccc2)C1. The number of likely N-dealkylation sites (tertiary alicyclic amines) is 1. The number of hydrogen-bond donors (Lipinski definition) is 1. The second-order valence-corrected chi connectivity index (χ2v) is 8.19. The Kier molecular flexibility index (Phi) is 5.71. The van der Waals surface area contributed by atoms with E-state index in [0.717, 1.165) is 41.9 Å². The van der Waals surface area contributed by atoms with E-state index in [1.54, 1.807) is 6.20 Å². The average molecular weight is 423 g/mol. The Balaban J connectivity index is 1.30. The Morgan fingerprint density at radius 3 is 2.50 bits per heavy atom. The van der Waals surface area contributed by atoms with Gasteiger partial charge in [0.15, 0.2) is 0 Å². The molecule has 5 rings (SSSR count). The van der Waals surface area contributed by atoms with E-state index in [-0.39, 0.29) is 11.9 Å². The highest BCUT2D eigenvalue weighted by Gasteiger charge is 2.28. The number of para-hydroxylation sites is 1. The second-order valence-electron chi connectivity index (χ2n) is 8.19. The van der Waals surface area contributed by atoms with Gasteiger partial charge in [0.25, 0.3) is 5.91 Å². The quantitative estimate of drug-likeness (QED) is 0.480. The normalized spacial score (nSPS) is 15.6. The number of carbonyl (C=O) groups excluding carboxylic acids is 1. The fraction of sp³-hybridized carbons (Fsp3) is 0.185. The van der Waals surface area contributed by atoms with E-state index in [4.69, 9.17) is 0 Å². The average Bonchev–Trinajstić information content (AvgIpc) is 3.52. The molecule has 1 aromatic heterocycles. The number of amides is 1. The van der Waals surface area contributed by atoms with Crippen LogP contribution in [0.3, 0.4) is 0 Å². The van der Waals surface area contributed by atoms with Crippen molar-refractivity contribution in [2.24, 2.45) is 0 Å². The third kappa shape index (κ3) is 4.42. The lowest BCUT2D eigenvalue weighted by Gasteiger charge is -2.19.